The third-order valence-corrected chi connectivity index (χ3v) is 4.11. The highest BCUT2D eigenvalue weighted by Gasteiger charge is 2.35. The molecule has 0 bridgehead atoms. The number of carbonyl (C=O) groups excluding carboxylic acids is 1. The molecule has 1 amide bonds. The first-order valence-electron chi connectivity index (χ1n) is 7.25. The maximum atomic E-state index is 12.5. The van der Waals surface area contributed by atoms with Gasteiger partial charge in [-0.3, -0.25) is 9.59 Å². The lowest BCUT2D eigenvalue weighted by Crippen LogP contribution is -2.48. The molecule has 1 N–H and O–H groups in total. The number of aliphatic carboxylic acids is 1. The van der Waals surface area contributed by atoms with Gasteiger partial charge in [0.05, 0.1) is 6.10 Å². The van der Waals surface area contributed by atoms with E-state index in [4.69, 9.17) is 9.84 Å². The molecular formula is C14H23NO4. The Kier molecular flexibility index (Phi) is 4.80. The van der Waals surface area contributed by atoms with Gasteiger partial charge in [-0.25, -0.2) is 0 Å². The number of carboxylic acid groups (broad SMARTS) is 1. The summed E-state index contributed by atoms with van der Waals surface area (Å²) in [7, 11) is 0. The van der Waals surface area contributed by atoms with Crippen LogP contribution in [0.3, 0.4) is 0 Å². The fourth-order valence-electron chi connectivity index (χ4n) is 3.05. The number of carboxylic acids is 1. The van der Waals surface area contributed by atoms with E-state index in [1.165, 1.54) is 0 Å². The van der Waals surface area contributed by atoms with Crippen LogP contribution in [0, 0.1) is 0 Å². The quantitative estimate of drug-likeness (QED) is 0.845. The average molecular weight is 269 g/mol. The Balaban J connectivity index is 1.94. The molecule has 0 spiro atoms. The van der Waals surface area contributed by atoms with Gasteiger partial charge in [-0.2, -0.15) is 0 Å². The number of piperidine rings is 1. The Labute approximate surface area is 113 Å². The molecule has 2 saturated heterocycles. The summed E-state index contributed by atoms with van der Waals surface area (Å²) in [6, 6.07) is 0.0804. The molecule has 0 aromatic heterocycles. The van der Waals surface area contributed by atoms with E-state index in [-0.39, 0.29) is 30.6 Å². The van der Waals surface area contributed by atoms with Gasteiger partial charge in [0.2, 0.25) is 0 Å². The summed E-state index contributed by atoms with van der Waals surface area (Å²) in [5.74, 6) is -0.719. The first kappa shape index (κ1) is 14.3. The highest BCUT2D eigenvalue weighted by atomic mass is 16.5. The monoisotopic (exact) mass is 269 g/mol. The highest BCUT2D eigenvalue weighted by Crippen LogP contribution is 2.26. The molecule has 0 radical (unpaired) electrons. The van der Waals surface area contributed by atoms with Crippen molar-refractivity contribution in [3.63, 3.8) is 0 Å². The maximum absolute atomic E-state index is 12.5. The molecule has 0 aromatic carbocycles. The van der Waals surface area contributed by atoms with Crippen molar-refractivity contribution < 1.29 is 19.4 Å². The molecule has 108 valence electrons. The van der Waals surface area contributed by atoms with E-state index >= 15 is 0 Å². The zero-order valence-electron chi connectivity index (χ0n) is 11.5. The second-order valence-electron chi connectivity index (χ2n) is 5.63. The van der Waals surface area contributed by atoms with Crippen molar-refractivity contribution in [2.45, 2.75) is 70.1 Å². The molecule has 2 heterocycles. The molecule has 19 heavy (non-hydrogen) atoms. The second-order valence-corrected chi connectivity index (χ2v) is 5.63. The van der Waals surface area contributed by atoms with Gasteiger partial charge >= 0.3 is 5.97 Å². The summed E-state index contributed by atoms with van der Waals surface area (Å²) >= 11 is 0. The number of likely N-dealkylation sites (tertiary alicyclic amines) is 1. The summed E-state index contributed by atoms with van der Waals surface area (Å²) in [6.07, 6.45) is 5.29. The highest BCUT2D eigenvalue weighted by molar-refractivity contribution is 5.81. The Bertz CT molecular complexity index is 344. The van der Waals surface area contributed by atoms with Gasteiger partial charge in [0, 0.05) is 19.0 Å². The van der Waals surface area contributed by atoms with Crippen molar-refractivity contribution in [3.8, 4) is 0 Å². The van der Waals surface area contributed by atoms with Crippen LogP contribution in [0.5, 0.6) is 0 Å². The molecule has 0 aromatic rings. The number of hydrogen-bond acceptors (Lipinski definition) is 3. The lowest BCUT2D eigenvalue weighted by Gasteiger charge is -2.37. The number of carbonyl (C=O) groups is 2. The summed E-state index contributed by atoms with van der Waals surface area (Å²) in [5, 5.41) is 8.79. The Morgan fingerprint density at radius 1 is 1.26 bits per heavy atom. The minimum absolute atomic E-state index is 0.0689. The van der Waals surface area contributed by atoms with Crippen molar-refractivity contribution in [3.05, 3.63) is 0 Å². The van der Waals surface area contributed by atoms with Crippen LogP contribution in [0.15, 0.2) is 0 Å². The molecule has 3 unspecified atom stereocenters. The fourth-order valence-corrected chi connectivity index (χ4v) is 3.05. The van der Waals surface area contributed by atoms with Crippen LogP contribution < -0.4 is 0 Å². The van der Waals surface area contributed by atoms with Crippen molar-refractivity contribution >= 4 is 11.9 Å². The third kappa shape index (κ3) is 3.69. The number of amides is 1. The standard InChI is InChI=1S/C14H23NO4/c1-10-5-7-12(19-10)14(18)15-9-3-2-4-11(15)6-8-13(16)17/h10-12H,2-9H2,1H3,(H,16,17). The van der Waals surface area contributed by atoms with E-state index in [1.54, 1.807) is 0 Å². The summed E-state index contributed by atoms with van der Waals surface area (Å²) in [5.41, 5.74) is 0. The van der Waals surface area contributed by atoms with Crippen molar-refractivity contribution in [2.75, 3.05) is 6.54 Å². The van der Waals surface area contributed by atoms with Gasteiger partial charge in [-0.1, -0.05) is 0 Å². The number of ether oxygens (including phenoxy) is 1. The minimum Gasteiger partial charge on any atom is -0.481 e. The van der Waals surface area contributed by atoms with E-state index in [9.17, 15) is 9.59 Å². The molecule has 3 atom stereocenters. The van der Waals surface area contributed by atoms with E-state index in [0.29, 0.717) is 6.42 Å². The molecule has 2 aliphatic rings. The molecule has 0 saturated carbocycles. The van der Waals surface area contributed by atoms with Crippen LogP contribution in [0.2, 0.25) is 0 Å². The van der Waals surface area contributed by atoms with Crippen LogP contribution in [-0.2, 0) is 14.3 Å². The Morgan fingerprint density at radius 3 is 2.68 bits per heavy atom. The Morgan fingerprint density at radius 2 is 2.05 bits per heavy atom. The molecule has 2 rings (SSSR count). The van der Waals surface area contributed by atoms with Gasteiger partial charge in [0.25, 0.3) is 5.91 Å². The number of hydrogen-bond donors (Lipinski definition) is 1. The van der Waals surface area contributed by atoms with Crippen LogP contribution in [-0.4, -0.2) is 46.7 Å². The van der Waals surface area contributed by atoms with E-state index in [1.807, 2.05) is 11.8 Å². The lowest BCUT2D eigenvalue weighted by atomic mass is 9.97. The second kappa shape index (κ2) is 6.37. The van der Waals surface area contributed by atoms with Gasteiger partial charge in [0.1, 0.15) is 6.10 Å². The van der Waals surface area contributed by atoms with E-state index < -0.39 is 5.97 Å². The predicted octanol–water partition coefficient (Wildman–Crippen LogP) is 1.80. The largest absolute Gasteiger partial charge is 0.481 e. The maximum Gasteiger partial charge on any atom is 0.303 e. The van der Waals surface area contributed by atoms with Crippen molar-refractivity contribution in [1.82, 2.24) is 4.90 Å². The van der Waals surface area contributed by atoms with Gasteiger partial charge in [-0.15, -0.1) is 0 Å². The molecule has 2 fully saturated rings. The summed E-state index contributed by atoms with van der Waals surface area (Å²) in [6.45, 7) is 2.74. The molecular weight excluding hydrogens is 246 g/mol. The SMILES string of the molecule is CC1CCC(C(=O)N2CCCCC2CCC(=O)O)O1. The first-order valence-corrected chi connectivity index (χ1v) is 7.25. The molecule has 0 aliphatic carbocycles. The third-order valence-electron chi connectivity index (χ3n) is 4.11. The summed E-state index contributed by atoms with van der Waals surface area (Å²) in [4.78, 5) is 25.0. The topological polar surface area (TPSA) is 66.8 Å². The van der Waals surface area contributed by atoms with Gasteiger partial charge in [-0.05, 0) is 45.4 Å². The smallest absolute Gasteiger partial charge is 0.303 e. The van der Waals surface area contributed by atoms with Crippen molar-refractivity contribution in [1.29, 1.82) is 0 Å². The summed E-state index contributed by atoms with van der Waals surface area (Å²) < 4.78 is 5.64. The normalized spacial score (nSPS) is 31.4. The molecule has 2 aliphatic heterocycles. The Hall–Kier alpha value is -1.10. The number of nitrogens with zero attached hydrogens (tertiary/aromatic N) is 1. The van der Waals surface area contributed by atoms with E-state index in [2.05, 4.69) is 0 Å². The fraction of sp³-hybridized carbons (Fsp3) is 0.857. The van der Waals surface area contributed by atoms with E-state index in [0.717, 1.165) is 38.6 Å². The van der Waals surface area contributed by atoms with Crippen LogP contribution >= 0.6 is 0 Å². The molecule has 5 heteroatoms. The lowest BCUT2D eigenvalue weighted by molar-refractivity contribution is -0.147. The average Bonchev–Trinajstić information content (AvgIpc) is 2.82. The number of rotatable bonds is 4. The van der Waals surface area contributed by atoms with Crippen LogP contribution in [0.1, 0.15) is 51.9 Å². The van der Waals surface area contributed by atoms with Crippen molar-refractivity contribution in [2.24, 2.45) is 0 Å². The van der Waals surface area contributed by atoms with Crippen LogP contribution in [0.4, 0.5) is 0 Å². The zero-order valence-corrected chi connectivity index (χ0v) is 11.5. The zero-order chi connectivity index (χ0) is 13.8. The van der Waals surface area contributed by atoms with Gasteiger partial charge < -0.3 is 14.7 Å². The van der Waals surface area contributed by atoms with Gasteiger partial charge in [0.15, 0.2) is 0 Å². The minimum atomic E-state index is -0.788. The predicted molar refractivity (Wildman–Crippen MR) is 69.8 cm³/mol. The first-order chi connectivity index (χ1) is 9.08. The molecule has 5 nitrogen and oxygen atoms in total. The van der Waals surface area contributed by atoms with Crippen LogP contribution in [0.25, 0.3) is 0 Å².